The molecule has 0 spiro atoms. The first-order valence-electron chi connectivity index (χ1n) is 10.2. The molecule has 1 aromatic rings. The largest absolute Gasteiger partial charge is 0.471 e. The number of ether oxygens (including phenoxy) is 1. The molecule has 0 saturated carbocycles. The summed E-state index contributed by atoms with van der Waals surface area (Å²) in [5.74, 6) is -2.48. The summed E-state index contributed by atoms with van der Waals surface area (Å²) >= 11 is 0. The van der Waals surface area contributed by atoms with Crippen molar-refractivity contribution in [3.8, 4) is 0 Å². The first-order chi connectivity index (χ1) is 14.3. The molecule has 1 aromatic carbocycles. The maximum absolute atomic E-state index is 14.6. The molecular weight excluding hydrogens is 416 g/mol. The smallest absolute Gasteiger partial charge is 0.444 e. The summed E-state index contributed by atoms with van der Waals surface area (Å²) < 4.78 is 57.2. The van der Waals surface area contributed by atoms with Gasteiger partial charge in [-0.3, -0.25) is 4.79 Å². The highest BCUT2D eigenvalue weighted by Gasteiger charge is 2.40. The van der Waals surface area contributed by atoms with E-state index in [4.69, 9.17) is 4.74 Å². The predicted molar refractivity (Wildman–Crippen MR) is 106 cm³/mol. The van der Waals surface area contributed by atoms with Gasteiger partial charge in [0.05, 0.1) is 0 Å². The second-order valence-corrected chi connectivity index (χ2v) is 8.94. The van der Waals surface area contributed by atoms with Gasteiger partial charge in [0.15, 0.2) is 0 Å². The van der Waals surface area contributed by atoms with Gasteiger partial charge in [0, 0.05) is 24.7 Å². The second-order valence-electron chi connectivity index (χ2n) is 8.94. The second kappa shape index (κ2) is 8.51. The zero-order valence-electron chi connectivity index (χ0n) is 17.7. The Labute approximate surface area is 178 Å². The number of fused-ring (bicyclic) bond motifs is 1. The SMILES string of the molecule is CC(C)(C)OC(=O)N1CCCC2C=C(c3cc(CNC(=O)C(F)(F)F)ccc3F)CC21. The molecule has 0 radical (unpaired) electrons. The number of alkyl halides is 3. The highest BCUT2D eigenvalue weighted by Crippen LogP contribution is 2.41. The molecule has 170 valence electrons. The predicted octanol–water partition coefficient (Wildman–Crippen LogP) is 4.81. The van der Waals surface area contributed by atoms with Crippen molar-refractivity contribution < 1.29 is 31.9 Å². The van der Waals surface area contributed by atoms with E-state index in [1.54, 1.807) is 31.0 Å². The number of nitrogens with zero attached hydrogens (tertiary/aromatic N) is 1. The molecule has 1 aliphatic carbocycles. The molecule has 1 aliphatic heterocycles. The minimum Gasteiger partial charge on any atom is -0.444 e. The van der Waals surface area contributed by atoms with Crippen LogP contribution in [0.15, 0.2) is 24.3 Å². The van der Waals surface area contributed by atoms with Gasteiger partial charge in [-0.05, 0) is 69.2 Å². The van der Waals surface area contributed by atoms with Crippen molar-refractivity contribution in [2.24, 2.45) is 5.92 Å². The molecule has 1 heterocycles. The molecule has 31 heavy (non-hydrogen) atoms. The standard InChI is InChI=1S/C22H26F4N2O3/c1-21(2,3)31-20(30)28-8-4-5-14-10-15(11-18(14)28)16-9-13(6-7-17(16)23)12-27-19(29)22(24,25)26/h6-7,9-10,14,18H,4-5,8,11-12H2,1-3H3,(H,27,29). The lowest BCUT2D eigenvalue weighted by Gasteiger charge is -2.38. The maximum atomic E-state index is 14.6. The molecule has 1 N–H and O–H groups in total. The average Bonchev–Trinajstić information content (AvgIpc) is 3.08. The Balaban J connectivity index is 1.75. The number of halogens is 4. The fraction of sp³-hybridized carbons (Fsp3) is 0.545. The normalized spacial score (nSPS) is 21.4. The summed E-state index contributed by atoms with van der Waals surface area (Å²) in [6.45, 7) is 5.58. The van der Waals surface area contributed by atoms with Crippen LogP contribution in [0.5, 0.6) is 0 Å². The van der Waals surface area contributed by atoms with Gasteiger partial charge in [-0.25, -0.2) is 9.18 Å². The van der Waals surface area contributed by atoms with Crippen molar-refractivity contribution in [2.45, 2.75) is 64.4 Å². The summed E-state index contributed by atoms with van der Waals surface area (Å²) in [4.78, 5) is 25.4. The number of nitrogens with one attached hydrogen (secondary N) is 1. The van der Waals surface area contributed by atoms with Crippen LogP contribution in [0.4, 0.5) is 22.4 Å². The lowest BCUT2D eigenvalue weighted by atomic mass is 9.92. The number of likely N-dealkylation sites (tertiary alicyclic amines) is 1. The molecule has 0 aromatic heterocycles. The molecule has 2 aliphatic rings. The average molecular weight is 442 g/mol. The van der Waals surface area contributed by atoms with E-state index in [1.807, 2.05) is 6.08 Å². The Morgan fingerprint density at radius 1 is 1.23 bits per heavy atom. The van der Waals surface area contributed by atoms with E-state index >= 15 is 0 Å². The highest BCUT2D eigenvalue weighted by atomic mass is 19.4. The molecule has 2 atom stereocenters. The molecule has 3 rings (SSSR count). The highest BCUT2D eigenvalue weighted by molar-refractivity contribution is 5.81. The Morgan fingerprint density at radius 3 is 2.58 bits per heavy atom. The molecule has 1 fully saturated rings. The minimum atomic E-state index is -4.97. The third-order valence-corrected chi connectivity index (χ3v) is 5.39. The zero-order valence-corrected chi connectivity index (χ0v) is 17.7. The summed E-state index contributed by atoms with van der Waals surface area (Å²) in [7, 11) is 0. The van der Waals surface area contributed by atoms with Crippen LogP contribution in [0.3, 0.4) is 0 Å². The van der Waals surface area contributed by atoms with Gasteiger partial charge >= 0.3 is 18.2 Å². The summed E-state index contributed by atoms with van der Waals surface area (Å²) in [5, 5.41) is 1.79. The van der Waals surface area contributed by atoms with Gasteiger partial charge in [0.25, 0.3) is 0 Å². The van der Waals surface area contributed by atoms with E-state index in [1.165, 1.54) is 18.2 Å². The number of amides is 2. The maximum Gasteiger partial charge on any atom is 0.471 e. The molecule has 1 saturated heterocycles. The van der Waals surface area contributed by atoms with Gasteiger partial charge < -0.3 is 15.0 Å². The van der Waals surface area contributed by atoms with Crippen molar-refractivity contribution in [3.63, 3.8) is 0 Å². The topological polar surface area (TPSA) is 58.6 Å². The first-order valence-corrected chi connectivity index (χ1v) is 10.2. The van der Waals surface area contributed by atoms with Crippen molar-refractivity contribution in [1.29, 1.82) is 0 Å². The van der Waals surface area contributed by atoms with Gasteiger partial charge in [-0.2, -0.15) is 13.2 Å². The lowest BCUT2D eigenvalue weighted by molar-refractivity contribution is -0.173. The quantitative estimate of drug-likeness (QED) is 0.684. The van der Waals surface area contributed by atoms with E-state index < -0.39 is 29.6 Å². The van der Waals surface area contributed by atoms with Crippen LogP contribution in [-0.2, 0) is 16.1 Å². The van der Waals surface area contributed by atoms with Gasteiger partial charge in [0.1, 0.15) is 11.4 Å². The number of carbonyl (C=O) groups excluding carboxylic acids is 2. The zero-order chi connectivity index (χ0) is 23.0. The molecule has 5 nitrogen and oxygen atoms in total. The molecular formula is C22H26F4N2O3. The summed E-state index contributed by atoms with van der Waals surface area (Å²) in [6.07, 6.45) is -1.35. The van der Waals surface area contributed by atoms with E-state index in [2.05, 4.69) is 0 Å². The number of carbonyl (C=O) groups is 2. The number of hydrogen-bond acceptors (Lipinski definition) is 3. The van der Waals surface area contributed by atoms with Crippen LogP contribution in [0.25, 0.3) is 5.57 Å². The Kier molecular flexibility index (Phi) is 6.34. The summed E-state index contributed by atoms with van der Waals surface area (Å²) in [5.41, 5.74) is 0.707. The number of hydrogen-bond donors (Lipinski definition) is 1. The van der Waals surface area contributed by atoms with Crippen LogP contribution < -0.4 is 5.32 Å². The van der Waals surface area contributed by atoms with Crippen molar-refractivity contribution in [3.05, 3.63) is 41.2 Å². The molecule has 9 heteroatoms. The third-order valence-electron chi connectivity index (χ3n) is 5.39. The van der Waals surface area contributed by atoms with Crippen LogP contribution in [0, 0.1) is 11.7 Å². The monoisotopic (exact) mass is 442 g/mol. The third kappa shape index (κ3) is 5.57. The van der Waals surface area contributed by atoms with Gasteiger partial charge in [-0.1, -0.05) is 12.1 Å². The number of rotatable bonds is 3. The van der Waals surface area contributed by atoms with Crippen molar-refractivity contribution in [2.75, 3.05) is 6.54 Å². The van der Waals surface area contributed by atoms with Gasteiger partial charge in [0.2, 0.25) is 0 Å². The van der Waals surface area contributed by atoms with Crippen LogP contribution in [-0.4, -0.2) is 41.3 Å². The molecule has 2 amide bonds. The first kappa shape index (κ1) is 23.1. The fourth-order valence-corrected chi connectivity index (χ4v) is 4.05. The van der Waals surface area contributed by atoms with E-state index in [-0.39, 0.29) is 24.1 Å². The summed E-state index contributed by atoms with van der Waals surface area (Å²) in [6, 6.07) is 3.82. The van der Waals surface area contributed by atoms with E-state index in [0.29, 0.717) is 24.1 Å². The Hall–Kier alpha value is -2.58. The van der Waals surface area contributed by atoms with E-state index in [9.17, 15) is 27.2 Å². The Morgan fingerprint density at radius 2 is 1.94 bits per heavy atom. The van der Waals surface area contributed by atoms with Crippen LogP contribution in [0.2, 0.25) is 0 Å². The lowest BCUT2D eigenvalue weighted by Crippen LogP contribution is -2.48. The number of benzene rings is 1. The Bertz CT molecular complexity index is 890. The van der Waals surface area contributed by atoms with E-state index in [0.717, 1.165) is 12.8 Å². The van der Waals surface area contributed by atoms with Crippen LogP contribution in [0.1, 0.15) is 51.2 Å². The van der Waals surface area contributed by atoms with Crippen molar-refractivity contribution in [1.82, 2.24) is 10.2 Å². The van der Waals surface area contributed by atoms with Crippen LogP contribution >= 0.6 is 0 Å². The van der Waals surface area contributed by atoms with Gasteiger partial charge in [-0.15, -0.1) is 0 Å². The minimum absolute atomic E-state index is 0.0595. The van der Waals surface area contributed by atoms with Crippen molar-refractivity contribution >= 4 is 17.6 Å². The molecule has 0 bridgehead atoms. The number of piperidine rings is 1. The molecule has 2 unspecified atom stereocenters. The fourth-order valence-electron chi connectivity index (χ4n) is 4.05.